The maximum absolute atomic E-state index is 13.3. The maximum Gasteiger partial charge on any atom is 0.416 e. The molecule has 1 amide bonds. The van der Waals surface area contributed by atoms with Crippen LogP contribution >= 0.6 is 0 Å². The van der Waals surface area contributed by atoms with Crippen LogP contribution in [0.15, 0.2) is 52.9 Å². The topological polar surface area (TPSA) is 73.2 Å². The highest BCUT2D eigenvalue weighted by atomic mass is 19.4. The van der Waals surface area contributed by atoms with Crippen LogP contribution in [0.5, 0.6) is 11.5 Å². The Morgan fingerprint density at radius 1 is 1.03 bits per heavy atom. The van der Waals surface area contributed by atoms with Gasteiger partial charge in [-0.05, 0) is 48.5 Å². The minimum absolute atomic E-state index is 0.0211. The summed E-state index contributed by atoms with van der Waals surface area (Å²) in [5.74, 6) is 1.09. The van der Waals surface area contributed by atoms with Crippen LogP contribution < -0.4 is 19.7 Å². The number of ether oxygens (including phenoxy) is 3. The fourth-order valence-electron chi connectivity index (χ4n) is 3.88. The molecule has 0 saturated carbocycles. The molecule has 1 aliphatic heterocycles. The number of carbonyl (C=O) groups excluding carboxylic acids is 1. The third kappa shape index (κ3) is 5.71. The monoisotopic (exact) mass is 490 g/mol. The second kappa shape index (κ2) is 10.3. The highest BCUT2D eigenvalue weighted by Crippen LogP contribution is 2.36. The molecule has 3 aromatic rings. The minimum atomic E-state index is -4.54. The number of morpholine rings is 1. The van der Waals surface area contributed by atoms with Crippen LogP contribution in [-0.4, -0.2) is 46.4 Å². The van der Waals surface area contributed by atoms with E-state index >= 15 is 0 Å². The minimum Gasteiger partial charge on any atom is -0.497 e. The van der Waals surface area contributed by atoms with E-state index < -0.39 is 17.6 Å². The SMILES string of the molecule is COc1ccc(OC)c(Cc2ccc(C(=O)Nc3cc(C(F)(F)F)ccc3N3CCOCC3)o2)c1. The molecule has 0 spiro atoms. The lowest BCUT2D eigenvalue weighted by Gasteiger charge is -2.30. The summed E-state index contributed by atoms with van der Waals surface area (Å²) in [4.78, 5) is 14.8. The van der Waals surface area contributed by atoms with Gasteiger partial charge in [0.1, 0.15) is 17.3 Å². The molecule has 35 heavy (non-hydrogen) atoms. The maximum atomic E-state index is 13.3. The van der Waals surface area contributed by atoms with Crippen molar-refractivity contribution < 1.29 is 36.6 Å². The van der Waals surface area contributed by atoms with Crippen LogP contribution in [0.4, 0.5) is 24.5 Å². The lowest BCUT2D eigenvalue weighted by molar-refractivity contribution is -0.137. The molecule has 1 saturated heterocycles. The number of nitrogens with zero attached hydrogens (tertiary/aromatic N) is 1. The summed E-state index contributed by atoms with van der Waals surface area (Å²) >= 11 is 0. The number of hydrogen-bond acceptors (Lipinski definition) is 6. The smallest absolute Gasteiger partial charge is 0.416 e. The largest absolute Gasteiger partial charge is 0.497 e. The molecule has 0 atom stereocenters. The predicted molar refractivity (Wildman–Crippen MR) is 123 cm³/mol. The average molecular weight is 490 g/mol. The van der Waals surface area contributed by atoms with E-state index in [9.17, 15) is 18.0 Å². The number of amides is 1. The summed E-state index contributed by atoms with van der Waals surface area (Å²) in [6.07, 6.45) is -4.22. The summed E-state index contributed by atoms with van der Waals surface area (Å²) in [5, 5.41) is 2.59. The number of nitrogens with one attached hydrogen (secondary N) is 1. The second-order valence-electron chi connectivity index (χ2n) is 7.90. The number of anilines is 2. The molecule has 1 aliphatic rings. The number of rotatable bonds is 7. The van der Waals surface area contributed by atoms with Crippen molar-refractivity contribution in [2.45, 2.75) is 12.6 Å². The molecule has 2 heterocycles. The Balaban J connectivity index is 1.56. The van der Waals surface area contributed by atoms with Crippen LogP contribution in [0.3, 0.4) is 0 Å². The first-order valence-electron chi connectivity index (χ1n) is 10.9. The number of hydrogen-bond donors (Lipinski definition) is 1. The Morgan fingerprint density at radius 3 is 2.49 bits per heavy atom. The van der Waals surface area contributed by atoms with E-state index in [1.54, 1.807) is 38.5 Å². The summed E-state index contributed by atoms with van der Waals surface area (Å²) in [5.41, 5.74) is 0.484. The first kappa shape index (κ1) is 24.5. The zero-order valence-corrected chi connectivity index (χ0v) is 19.3. The number of benzene rings is 2. The number of methoxy groups -OCH3 is 2. The van der Waals surface area contributed by atoms with Crippen LogP contribution in [0.2, 0.25) is 0 Å². The molecule has 1 N–H and O–H groups in total. The van der Waals surface area contributed by atoms with Gasteiger partial charge in [0.25, 0.3) is 5.91 Å². The molecule has 0 aliphatic carbocycles. The standard InChI is InChI=1S/C25H25F3N2O5/c1-32-18-4-7-22(33-2)16(13-18)14-19-5-8-23(35-19)24(31)29-20-15-17(25(26,27)28)3-6-21(20)30-9-11-34-12-10-30/h3-8,13,15H,9-12,14H2,1-2H3,(H,29,31). The molecular weight excluding hydrogens is 465 g/mol. The summed E-state index contributed by atoms with van der Waals surface area (Å²) in [6, 6.07) is 11.8. The Hall–Kier alpha value is -3.66. The van der Waals surface area contributed by atoms with Gasteiger partial charge in [-0.3, -0.25) is 4.79 Å². The molecule has 186 valence electrons. The Morgan fingerprint density at radius 2 is 1.80 bits per heavy atom. The number of carbonyl (C=O) groups is 1. The first-order chi connectivity index (χ1) is 16.8. The lowest BCUT2D eigenvalue weighted by Crippen LogP contribution is -2.36. The van der Waals surface area contributed by atoms with E-state index in [4.69, 9.17) is 18.6 Å². The van der Waals surface area contributed by atoms with E-state index in [0.29, 0.717) is 55.7 Å². The molecule has 10 heteroatoms. The molecule has 1 fully saturated rings. The van der Waals surface area contributed by atoms with Crippen molar-refractivity contribution in [1.82, 2.24) is 0 Å². The van der Waals surface area contributed by atoms with E-state index in [-0.39, 0.29) is 11.4 Å². The van der Waals surface area contributed by atoms with E-state index in [1.807, 2.05) is 4.90 Å². The number of halogens is 3. The van der Waals surface area contributed by atoms with Crippen molar-refractivity contribution in [2.24, 2.45) is 0 Å². The highest BCUT2D eigenvalue weighted by molar-refractivity contribution is 6.04. The van der Waals surface area contributed by atoms with Crippen LogP contribution in [-0.2, 0) is 17.3 Å². The third-order valence-electron chi connectivity index (χ3n) is 5.66. The van der Waals surface area contributed by atoms with Crippen LogP contribution in [0, 0.1) is 0 Å². The van der Waals surface area contributed by atoms with Gasteiger partial charge in [0.05, 0.1) is 44.4 Å². The van der Waals surface area contributed by atoms with Crippen molar-refractivity contribution in [2.75, 3.05) is 50.7 Å². The molecule has 2 aromatic carbocycles. The van der Waals surface area contributed by atoms with Gasteiger partial charge in [0.15, 0.2) is 5.76 Å². The van der Waals surface area contributed by atoms with Crippen molar-refractivity contribution in [3.63, 3.8) is 0 Å². The zero-order chi connectivity index (χ0) is 25.0. The zero-order valence-electron chi connectivity index (χ0n) is 19.3. The van der Waals surface area contributed by atoms with Crippen LogP contribution in [0.1, 0.15) is 27.4 Å². The second-order valence-corrected chi connectivity index (χ2v) is 7.90. The molecular formula is C25H25F3N2O5. The fourth-order valence-corrected chi connectivity index (χ4v) is 3.88. The predicted octanol–water partition coefficient (Wildman–Crippen LogP) is 5.00. The highest BCUT2D eigenvalue weighted by Gasteiger charge is 2.32. The lowest BCUT2D eigenvalue weighted by atomic mass is 10.1. The fraction of sp³-hybridized carbons (Fsp3) is 0.320. The van der Waals surface area contributed by atoms with Gasteiger partial charge >= 0.3 is 6.18 Å². The van der Waals surface area contributed by atoms with E-state index in [2.05, 4.69) is 5.32 Å². The number of alkyl halides is 3. The summed E-state index contributed by atoms with van der Waals surface area (Å²) in [7, 11) is 3.10. The van der Waals surface area contributed by atoms with Crippen molar-refractivity contribution >= 4 is 17.3 Å². The van der Waals surface area contributed by atoms with Gasteiger partial charge in [0, 0.05) is 25.1 Å². The van der Waals surface area contributed by atoms with Crippen molar-refractivity contribution in [3.05, 3.63) is 71.2 Å². The molecule has 0 bridgehead atoms. The van der Waals surface area contributed by atoms with Gasteiger partial charge in [-0.25, -0.2) is 0 Å². The van der Waals surface area contributed by atoms with Gasteiger partial charge in [-0.2, -0.15) is 13.2 Å². The quantitative estimate of drug-likeness (QED) is 0.503. The van der Waals surface area contributed by atoms with Crippen molar-refractivity contribution in [3.8, 4) is 11.5 Å². The Labute approximate surface area is 200 Å². The normalized spacial score (nSPS) is 14.0. The number of furan rings is 1. The molecule has 0 unspecified atom stereocenters. The van der Waals surface area contributed by atoms with Gasteiger partial charge in [-0.15, -0.1) is 0 Å². The molecule has 0 radical (unpaired) electrons. The van der Waals surface area contributed by atoms with Crippen LogP contribution in [0.25, 0.3) is 0 Å². The summed E-state index contributed by atoms with van der Waals surface area (Å²) < 4.78 is 61.7. The van der Waals surface area contributed by atoms with Crippen molar-refractivity contribution in [1.29, 1.82) is 0 Å². The molecule has 1 aromatic heterocycles. The van der Waals surface area contributed by atoms with E-state index in [0.717, 1.165) is 17.7 Å². The Bertz CT molecular complexity index is 1190. The van der Waals surface area contributed by atoms with Gasteiger partial charge in [0.2, 0.25) is 0 Å². The third-order valence-corrected chi connectivity index (χ3v) is 5.66. The Kier molecular flexibility index (Phi) is 7.20. The summed E-state index contributed by atoms with van der Waals surface area (Å²) in [6.45, 7) is 1.90. The molecule has 4 rings (SSSR count). The van der Waals surface area contributed by atoms with Gasteiger partial charge < -0.3 is 28.8 Å². The average Bonchev–Trinajstić information content (AvgIpc) is 3.32. The van der Waals surface area contributed by atoms with Gasteiger partial charge in [-0.1, -0.05) is 0 Å². The van der Waals surface area contributed by atoms with E-state index in [1.165, 1.54) is 12.1 Å². The first-order valence-corrected chi connectivity index (χ1v) is 10.9. The molecule has 7 nitrogen and oxygen atoms in total.